The van der Waals surface area contributed by atoms with Crippen LogP contribution in [0.4, 0.5) is 0 Å². The molecule has 2 unspecified atom stereocenters. The molecular weight excluding hydrogens is 424 g/mol. The quantitative estimate of drug-likeness (QED) is 0.439. The Morgan fingerprint density at radius 1 is 1.00 bits per heavy atom. The predicted octanol–water partition coefficient (Wildman–Crippen LogP) is 6.48. The van der Waals surface area contributed by atoms with E-state index in [1.54, 1.807) is 7.11 Å². The first kappa shape index (κ1) is 23.6. The summed E-state index contributed by atoms with van der Waals surface area (Å²) in [6.45, 7) is 11.5. The summed E-state index contributed by atoms with van der Waals surface area (Å²) in [6.07, 6.45) is 13.9. The van der Waals surface area contributed by atoms with Crippen molar-refractivity contribution in [2.24, 2.45) is 33.5 Å². The average Bonchev–Trinajstić information content (AvgIpc) is 2.81. The second kappa shape index (κ2) is 7.45. The molecule has 34 heavy (non-hydrogen) atoms. The van der Waals surface area contributed by atoms with Crippen molar-refractivity contribution in [3.8, 4) is 0 Å². The fraction of sp³-hybridized carbons (Fsp3) is 0.667. The summed E-state index contributed by atoms with van der Waals surface area (Å²) in [7, 11) is 3.11. The lowest BCUT2D eigenvalue weighted by atomic mass is 9.37. The molecule has 0 aromatic carbocycles. The Bertz CT molecular complexity index is 1090. The van der Waals surface area contributed by atoms with Crippen LogP contribution in [0, 0.1) is 33.5 Å². The van der Waals surface area contributed by atoms with Crippen LogP contribution in [0.2, 0.25) is 0 Å². The standard InChI is InChI=1S/C30H40O4/c1-18-20-8-9-24-28(3,21(20)16-23(31)25(18)33-6)14-15-29(4)22-17-27(2,26(32)34-7)12-10-19(22)11-13-30(24,29)5/h8-9,16,19,22H,10-15,17H2,1-7H3/t19?,22?,27-,28+,29+,30-/m1/s1. The van der Waals surface area contributed by atoms with Crippen molar-refractivity contribution in [3.05, 3.63) is 46.3 Å². The van der Waals surface area contributed by atoms with Crippen LogP contribution in [-0.2, 0) is 19.1 Å². The molecule has 5 rings (SSSR count). The minimum absolute atomic E-state index is 0.0158. The molecule has 4 nitrogen and oxygen atoms in total. The maximum Gasteiger partial charge on any atom is 0.311 e. The lowest BCUT2D eigenvalue weighted by Crippen LogP contribution is -2.59. The van der Waals surface area contributed by atoms with Crippen molar-refractivity contribution >= 4 is 11.8 Å². The molecule has 5 aliphatic rings. The third-order valence-corrected chi connectivity index (χ3v) is 11.2. The maximum atomic E-state index is 12.9. The van der Waals surface area contributed by atoms with Gasteiger partial charge in [0.1, 0.15) is 0 Å². The van der Waals surface area contributed by atoms with E-state index in [1.165, 1.54) is 31.1 Å². The highest BCUT2D eigenvalue weighted by atomic mass is 16.5. The van der Waals surface area contributed by atoms with Crippen LogP contribution < -0.4 is 0 Å². The zero-order chi connectivity index (χ0) is 24.7. The van der Waals surface area contributed by atoms with Gasteiger partial charge in [0.2, 0.25) is 5.78 Å². The zero-order valence-electron chi connectivity index (χ0n) is 22.0. The molecule has 0 radical (unpaired) electrons. The topological polar surface area (TPSA) is 52.6 Å². The Balaban J connectivity index is 1.60. The van der Waals surface area contributed by atoms with Gasteiger partial charge in [0.15, 0.2) is 5.76 Å². The molecule has 0 spiro atoms. The molecule has 0 aliphatic heterocycles. The van der Waals surface area contributed by atoms with E-state index in [-0.39, 0.29) is 33.4 Å². The lowest BCUT2D eigenvalue weighted by molar-refractivity contribution is -0.166. The molecule has 5 aliphatic carbocycles. The first-order valence-corrected chi connectivity index (χ1v) is 13.0. The number of hydrogen-bond acceptors (Lipinski definition) is 4. The Morgan fingerprint density at radius 3 is 2.38 bits per heavy atom. The van der Waals surface area contributed by atoms with E-state index >= 15 is 0 Å². The maximum absolute atomic E-state index is 12.9. The monoisotopic (exact) mass is 464 g/mol. The van der Waals surface area contributed by atoms with E-state index in [2.05, 4.69) is 39.8 Å². The summed E-state index contributed by atoms with van der Waals surface area (Å²) in [5.74, 6) is 1.59. The van der Waals surface area contributed by atoms with Crippen molar-refractivity contribution in [1.29, 1.82) is 0 Å². The number of hydrogen-bond donors (Lipinski definition) is 0. The van der Waals surface area contributed by atoms with Gasteiger partial charge >= 0.3 is 5.97 Å². The van der Waals surface area contributed by atoms with Crippen molar-refractivity contribution in [3.63, 3.8) is 0 Å². The van der Waals surface area contributed by atoms with Crippen molar-refractivity contribution in [2.75, 3.05) is 14.2 Å². The summed E-state index contributed by atoms with van der Waals surface area (Å²) >= 11 is 0. The largest absolute Gasteiger partial charge is 0.492 e. The van der Waals surface area contributed by atoms with E-state index in [9.17, 15) is 9.59 Å². The van der Waals surface area contributed by atoms with E-state index in [4.69, 9.17) is 9.47 Å². The number of carbonyl (C=O) groups excluding carboxylic acids is 2. The highest BCUT2D eigenvalue weighted by molar-refractivity contribution is 6.07. The minimum atomic E-state index is -0.386. The molecule has 0 bridgehead atoms. The Hall–Kier alpha value is -2.10. The third-order valence-electron chi connectivity index (χ3n) is 11.2. The van der Waals surface area contributed by atoms with Gasteiger partial charge in [0, 0.05) is 11.0 Å². The molecule has 184 valence electrons. The molecule has 3 saturated carbocycles. The Labute approximate surface area is 204 Å². The predicted molar refractivity (Wildman–Crippen MR) is 133 cm³/mol. The molecule has 0 saturated heterocycles. The molecule has 0 aromatic rings. The SMILES string of the molecule is COC(=O)[C@]1(C)CCC2CC[C@]3(C)C4=CC=C5C(=CC(=O)C(OC)=C5C)[C@]4(C)CC[C@@]3(C)C2C1. The van der Waals surface area contributed by atoms with E-state index in [0.29, 0.717) is 17.6 Å². The van der Waals surface area contributed by atoms with Gasteiger partial charge in [-0.05, 0) is 98.7 Å². The first-order valence-electron chi connectivity index (χ1n) is 13.0. The molecule has 3 fully saturated rings. The number of fused-ring (bicyclic) bond motifs is 7. The highest BCUT2D eigenvalue weighted by Crippen LogP contribution is 2.73. The first-order chi connectivity index (χ1) is 15.9. The molecule has 0 amide bonds. The highest BCUT2D eigenvalue weighted by Gasteiger charge is 2.64. The number of esters is 1. The van der Waals surface area contributed by atoms with Gasteiger partial charge in [-0.3, -0.25) is 9.59 Å². The number of carbonyl (C=O) groups is 2. The van der Waals surface area contributed by atoms with Gasteiger partial charge in [-0.15, -0.1) is 0 Å². The zero-order valence-corrected chi connectivity index (χ0v) is 22.0. The number of rotatable bonds is 2. The average molecular weight is 465 g/mol. The van der Waals surface area contributed by atoms with Crippen LogP contribution >= 0.6 is 0 Å². The van der Waals surface area contributed by atoms with Gasteiger partial charge < -0.3 is 9.47 Å². The summed E-state index contributed by atoms with van der Waals surface area (Å²) in [6, 6.07) is 0. The fourth-order valence-corrected chi connectivity index (χ4v) is 8.83. The number of ketones is 1. The Kier molecular flexibility index (Phi) is 5.18. The van der Waals surface area contributed by atoms with Gasteiger partial charge in [0.25, 0.3) is 0 Å². The van der Waals surface area contributed by atoms with E-state index < -0.39 is 0 Å². The summed E-state index contributed by atoms with van der Waals surface area (Å²) in [5, 5.41) is 0. The van der Waals surface area contributed by atoms with Gasteiger partial charge in [0.05, 0.1) is 19.6 Å². The second-order valence-electron chi connectivity index (χ2n) is 12.5. The number of allylic oxidation sites excluding steroid dienone is 7. The molecule has 0 heterocycles. The summed E-state index contributed by atoms with van der Waals surface area (Å²) in [5.41, 5.74) is 4.36. The summed E-state index contributed by atoms with van der Waals surface area (Å²) < 4.78 is 10.7. The van der Waals surface area contributed by atoms with Crippen LogP contribution in [0.15, 0.2) is 46.3 Å². The van der Waals surface area contributed by atoms with E-state index in [0.717, 1.165) is 43.3 Å². The number of ether oxygens (including phenoxy) is 2. The van der Waals surface area contributed by atoms with Gasteiger partial charge in [-0.1, -0.05) is 38.5 Å². The Morgan fingerprint density at radius 2 is 1.71 bits per heavy atom. The number of methoxy groups -OCH3 is 2. The lowest BCUT2D eigenvalue weighted by Gasteiger charge is -2.67. The summed E-state index contributed by atoms with van der Waals surface area (Å²) in [4.78, 5) is 25.7. The van der Waals surface area contributed by atoms with Crippen molar-refractivity contribution in [2.45, 2.75) is 79.6 Å². The molecule has 0 N–H and O–H groups in total. The molecule has 4 heteroatoms. The van der Waals surface area contributed by atoms with Crippen LogP contribution in [0.25, 0.3) is 0 Å². The molecule has 6 atom stereocenters. The second-order valence-corrected chi connectivity index (χ2v) is 12.5. The van der Waals surface area contributed by atoms with Crippen LogP contribution in [0.3, 0.4) is 0 Å². The van der Waals surface area contributed by atoms with Gasteiger partial charge in [-0.25, -0.2) is 0 Å². The van der Waals surface area contributed by atoms with Crippen molar-refractivity contribution < 1.29 is 19.1 Å². The smallest absolute Gasteiger partial charge is 0.311 e. The van der Waals surface area contributed by atoms with Crippen LogP contribution in [0.1, 0.15) is 79.6 Å². The minimum Gasteiger partial charge on any atom is -0.492 e. The third kappa shape index (κ3) is 2.83. The fourth-order valence-electron chi connectivity index (χ4n) is 8.83. The molecule has 0 aromatic heterocycles. The van der Waals surface area contributed by atoms with Gasteiger partial charge in [-0.2, -0.15) is 0 Å². The van der Waals surface area contributed by atoms with E-state index in [1.807, 2.05) is 13.0 Å². The van der Waals surface area contributed by atoms with Crippen LogP contribution in [-0.4, -0.2) is 26.0 Å². The van der Waals surface area contributed by atoms with Crippen molar-refractivity contribution in [1.82, 2.24) is 0 Å². The van der Waals surface area contributed by atoms with Crippen LogP contribution in [0.5, 0.6) is 0 Å². The molecular formula is C30H40O4. The normalized spacial score (nSPS) is 43.4.